The van der Waals surface area contributed by atoms with Gasteiger partial charge in [-0.2, -0.15) is 0 Å². The fourth-order valence-corrected chi connectivity index (χ4v) is 2.56. The first-order chi connectivity index (χ1) is 8.99. The van der Waals surface area contributed by atoms with Crippen LogP contribution in [0.2, 0.25) is 0 Å². The summed E-state index contributed by atoms with van der Waals surface area (Å²) in [7, 11) is 0. The molecule has 0 saturated carbocycles. The number of hydrogen-bond acceptors (Lipinski definition) is 4. The van der Waals surface area contributed by atoms with Crippen LogP contribution in [0.5, 0.6) is 0 Å². The van der Waals surface area contributed by atoms with Crippen molar-refractivity contribution in [1.82, 2.24) is 4.98 Å². The molecular formula is C12H9BrN2O3S. The molecule has 98 valence electrons. The molecule has 7 heteroatoms. The Labute approximate surface area is 120 Å². The standard InChI is InChI=1S/C12H9BrN2O3S/c1-6(16)7-2-10(19-5-7)12(18)15-9-4-14-3-8(13)11(9)17/h2-5H,1H3,(H,14,17)(H,15,18). The number of pyridine rings is 1. The van der Waals surface area contributed by atoms with E-state index in [1.165, 1.54) is 25.4 Å². The van der Waals surface area contributed by atoms with Crippen LogP contribution in [0.3, 0.4) is 0 Å². The smallest absolute Gasteiger partial charge is 0.265 e. The zero-order chi connectivity index (χ0) is 14.0. The van der Waals surface area contributed by atoms with Crippen molar-refractivity contribution in [1.29, 1.82) is 0 Å². The van der Waals surface area contributed by atoms with Crippen LogP contribution in [-0.4, -0.2) is 16.7 Å². The lowest BCUT2D eigenvalue weighted by Crippen LogP contribution is -2.18. The van der Waals surface area contributed by atoms with Crippen molar-refractivity contribution in [3.63, 3.8) is 0 Å². The van der Waals surface area contributed by atoms with Crippen molar-refractivity contribution in [2.24, 2.45) is 0 Å². The van der Waals surface area contributed by atoms with Crippen molar-refractivity contribution in [2.45, 2.75) is 6.92 Å². The molecule has 1 amide bonds. The van der Waals surface area contributed by atoms with E-state index in [-0.39, 0.29) is 16.9 Å². The maximum atomic E-state index is 11.9. The van der Waals surface area contributed by atoms with E-state index < -0.39 is 5.91 Å². The molecule has 0 saturated heterocycles. The Hall–Kier alpha value is -1.73. The molecule has 5 nitrogen and oxygen atoms in total. The number of anilines is 1. The van der Waals surface area contributed by atoms with Gasteiger partial charge in [-0.05, 0) is 28.9 Å². The molecule has 19 heavy (non-hydrogen) atoms. The van der Waals surface area contributed by atoms with Gasteiger partial charge in [0.15, 0.2) is 5.78 Å². The SMILES string of the molecule is CC(=O)c1csc(C(=O)Nc2c[nH]cc(Br)c2=O)c1. The highest BCUT2D eigenvalue weighted by Gasteiger charge is 2.13. The molecule has 0 spiro atoms. The van der Waals surface area contributed by atoms with Crippen LogP contribution < -0.4 is 10.7 Å². The summed E-state index contributed by atoms with van der Waals surface area (Å²) < 4.78 is 0.334. The van der Waals surface area contributed by atoms with Crippen LogP contribution in [-0.2, 0) is 0 Å². The van der Waals surface area contributed by atoms with Gasteiger partial charge >= 0.3 is 0 Å². The molecule has 2 aromatic rings. The number of Topliss-reactive ketones (excluding diaryl/α,β-unsaturated/α-hetero) is 1. The van der Waals surface area contributed by atoms with Gasteiger partial charge < -0.3 is 10.3 Å². The normalized spacial score (nSPS) is 10.2. The van der Waals surface area contributed by atoms with Gasteiger partial charge in [0.2, 0.25) is 5.43 Å². The molecule has 0 aliphatic rings. The molecule has 2 rings (SSSR count). The quantitative estimate of drug-likeness (QED) is 0.843. The molecule has 0 aromatic carbocycles. The van der Waals surface area contributed by atoms with Gasteiger partial charge in [-0.25, -0.2) is 0 Å². The summed E-state index contributed by atoms with van der Waals surface area (Å²) in [6.07, 6.45) is 2.89. The summed E-state index contributed by atoms with van der Waals surface area (Å²) >= 11 is 4.24. The van der Waals surface area contributed by atoms with Gasteiger partial charge in [0.05, 0.1) is 9.35 Å². The number of halogens is 1. The molecule has 2 heterocycles. The van der Waals surface area contributed by atoms with E-state index in [1.807, 2.05) is 0 Å². The first kappa shape index (κ1) is 13.7. The number of thiophene rings is 1. The zero-order valence-electron chi connectivity index (χ0n) is 9.82. The third kappa shape index (κ3) is 2.99. The minimum absolute atomic E-state index is 0.101. The Morgan fingerprint density at radius 3 is 2.74 bits per heavy atom. The molecular weight excluding hydrogens is 332 g/mol. The third-order valence-electron chi connectivity index (χ3n) is 2.38. The van der Waals surface area contributed by atoms with Gasteiger partial charge in [0.25, 0.3) is 5.91 Å². The summed E-state index contributed by atoms with van der Waals surface area (Å²) in [5.41, 5.74) is 0.325. The topological polar surface area (TPSA) is 79.0 Å². The second-order valence-electron chi connectivity index (χ2n) is 3.76. The highest BCUT2D eigenvalue weighted by molar-refractivity contribution is 9.10. The second-order valence-corrected chi connectivity index (χ2v) is 5.52. The number of carbonyl (C=O) groups is 2. The molecule has 0 radical (unpaired) electrons. The molecule has 2 N–H and O–H groups in total. The summed E-state index contributed by atoms with van der Waals surface area (Å²) in [5, 5.41) is 4.12. The highest BCUT2D eigenvalue weighted by atomic mass is 79.9. The third-order valence-corrected chi connectivity index (χ3v) is 3.90. The molecule has 0 aliphatic carbocycles. The number of hydrogen-bond donors (Lipinski definition) is 2. The maximum Gasteiger partial charge on any atom is 0.265 e. The first-order valence-corrected chi connectivity index (χ1v) is 6.93. The van der Waals surface area contributed by atoms with Crippen molar-refractivity contribution in [3.05, 3.63) is 49.0 Å². The van der Waals surface area contributed by atoms with Crippen LogP contribution in [0.15, 0.2) is 33.1 Å². The van der Waals surface area contributed by atoms with Crippen LogP contribution in [0.1, 0.15) is 27.0 Å². The van der Waals surface area contributed by atoms with Crippen LogP contribution in [0.25, 0.3) is 0 Å². The van der Waals surface area contributed by atoms with E-state index in [4.69, 9.17) is 0 Å². The Bertz CT molecular complexity index is 705. The van der Waals surface area contributed by atoms with E-state index in [1.54, 1.807) is 5.38 Å². The lowest BCUT2D eigenvalue weighted by molar-refractivity contribution is 0.101. The Morgan fingerprint density at radius 1 is 1.37 bits per heavy atom. The summed E-state index contributed by atoms with van der Waals surface area (Å²) in [6, 6.07) is 1.51. The van der Waals surface area contributed by atoms with Gasteiger partial charge in [-0.15, -0.1) is 11.3 Å². The number of carbonyl (C=O) groups excluding carboxylic acids is 2. The van der Waals surface area contributed by atoms with E-state index >= 15 is 0 Å². The van der Waals surface area contributed by atoms with Gasteiger partial charge in [-0.1, -0.05) is 0 Å². The summed E-state index contributed by atoms with van der Waals surface area (Å²) in [6.45, 7) is 1.43. The number of H-pyrrole nitrogens is 1. The molecule has 0 atom stereocenters. The van der Waals surface area contributed by atoms with Gasteiger partial charge in [0, 0.05) is 23.3 Å². The number of ketones is 1. The molecule has 0 bridgehead atoms. The second kappa shape index (κ2) is 5.50. The van der Waals surface area contributed by atoms with Crippen molar-refractivity contribution < 1.29 is 9.59 Å². The van der Waals surface area contributed by atoms with Crippen molar-refractivity contribution in [2.75, 3.05) is 5.32 Å². The van der Waals surface area contributed by atoms with E-state index in [2.05, 4.69) is 26.2 Å². The largest absolute Gasteiger partial charge is 0.365 e. The van der Waals surface area contributed by atoms with Crippen LogP contribution in [0, 0.1) is 0 Å². The van der Waals surface area contributed by atoms with E-state index in [0.717, 1.165) is 11.3 Å². The first-order valence-electron chi connectivity index (χ1n) is 5.26. The fourth-order valence-electron chi connectivity index (χ4n) is 1.37. The molecule has 0 fully saturated rings. The van der Waals surface area contributed by atoms with Crippen LogP contribution in [0.4, 0.5) is 5.69 Å². The number of aromatic nitrogens is 1. The lowest BCUT2D eigenvalue weighted by Gasteiger charge is -2.02. The fraction of sp³-hybridized carbons (Fsp3) is 0.0833. The minimum Gasteiger partial charge on any atom is -0.365 e. The predicted octanol–water partition coefficient (Wildman–Crippen LogP) is 2.65. The number of amides is 1. The average molecular weight is 341 g/mol. The van der Waals surface area contributed by atoms with Crippen molar-refractivity contribution >= 4 is 44.6 Å². The zero-order valence-corrected chi connectivity index (χ0v) is 12.2. The minimum atomic E-state index is -0.416. The maximum absolute atomic E-state index is 11.9. The van der Waals surface area contributed by atoms with Crippen LogP contribution >= 0.6 is 27.3 Å². The Balaban J connectivity index is 2.23. The predicted molar refractivity (Wildman–Crippen MR) is 77.0 cm³/mol. The lowest BCUT2D eigenvalue weighted by atomic mass is 10.2. The highest BCUT2D eigenvalue weighted by Crippen LogP contribution is 2.16. The Kier molecular flexibility index (Phi) is 3.96. The van der Waals surface area contributed by atoms with Gasteiger partial charge in [0.1, 0.15) is 5.69 Å². The summed E-state index contributed by atoms with van der Waals surface area (Å²) in [5.74, 6) is -0.517. The Morgan fingerprint density at radius 2 is 2.11 bits per heavy atom. The van der Waals surface area contributed by atoms with E-state index in [0.29, 0.717) is 14.9 Å². The monoisotopic (exact) mass is 340 g/mol. The number of nitrogens with one attached hydrogen (secondary N) is 2. The number of rotatable bonds is 3. The molecule has 0 aliphatic heterocycles. The molecule has 0 unspecified atom stereocenters. The van der Waals surface area contributed by atoms with Crippen molar-refractivity contribution in [3.8, 4) is 0 Å². The number of aromatic amines is 1. The molecule has 2 aromatic heterocycles. The summed E-state index contributed by atoms with van der Waals surface area (Å²) in [4.78, 5) is 37.9. The van der Waals surface area contributed by atoms with Gasteiger partial charge in [-0.3, -0.25) is 14.4 Å². The average Bonchev–Trinajstić information content (AvgIpc) is 2.84. The van der Waals surface area contributed by atoms with E-state index in [9.17, 15) is 14.4 Å².